The maximum atomic E-state index is 15.2. The first-order valence-electron chi connectivity index (χ1n) is 9.82. The minimum Gasteiger partial charge on any atom is -0.466 e. The van der Waals surface area contributed by atoms with Crippen LogP contribution in [0.15, 0.2) is 0 Å². The first kappa shape index (κ1) is 18.1. The molecule has 4 aliphatic rings. The van der Waals surface area contributed by atoms with Gasteiger partial charge in [-0.2, -0.15) is 0 Å². The van der Waals surface area contributed by atoms with Crippen molar-refractivity contribution in [2.24, 2.45) is 23.7 Å². The highest BCUT2D eigenvalue weighted by atomic mass is 35.5. The summed E-state index contributed by atoms with van der Waals surface area (Å²) in [5.41, 5.74) is 0.610. The number of aromatic nitrogens is 2. The molecule has 0 N–H and O–H groups in total. The second kappa shape index (κ2) is 6.74. The van der Waals surface area contributed by atoms with Crippen LogP contribution in [0.3, 0.4) is 0 Å². The molecule has 0 amide bonds. The zero-order chi connectivity index (χ0) is 18.5. The Morgan fingerprint density at radius 2 is 1.88 bits per heavy atom. The molecule has 0 aliphatic heterocycles. The van der Waals surface area contributed by atoms with Gasteiger partial charge >= 0.3 is 5.97 Å². The SMILES string of the molecule is CCOC(=O)[C@H]1C2CCC(CC2)[C@@H]1Cc1nc(Cl)nc(C2(C)CC2)c1F. The maximum absolute atomic E-state index is 15.2. The van der Waals surface area contributed by atoms with E-state index in [4.69, 9.17) is 16.3 Å². The molecule has 0 spiro atoms. The van der Waals surface area contributed by atoms with E-state index in [1.165, 1.54) is 0 Å². The number of fused-ring (bicyclic) bond motifs is 3. The van der Waals surface area contributed by atoms with Crippen molar-refractivity contribution in [2.45, 2.75) is 64.2 Å². The van der Waals surface area contributed by atoms with Crippen LogP contribution in [-0.2, 0) is 21.4 Å². The number of hydrogen-bond acceptors (Lipinski definition) is 4. The molecule has 2 atom stereocenters. The summed E-state index contributed by atoms with van der Waals surface area (Å²) in [6, 6.07) is 0. The lowest BCUT2D eigenvalue weighted by Crippen LogP contribution is -2.45. The fourth-order valence-electron chi connectivity index (χ4n) is 5.12. The zero-order valence-corrected chi connectivity index (χ0v) is 16.2. The fraction of sp³-hybridized carbons (Fsp3) is 0.750. The molecule has 4 saturated carbocycles. The van der Waals surface area contributed by atoms with Crippen LogP contribution >= 0.6 is 11.6 Å². The highest BCUT2D eigenvalue weighted by molar-refractivity contribution is 6.28. The van der Waals surface area contributed by atoms with Crippen molar-refractivity contribution in [3.05, 3.63) is 22.5 Å². The van der Waals surface area contributed by atoms with Gasteiger partial charge in [-0.15, -0.1) is 0 Å². The Morgan fingerprint density at radius 1 is 1.23 bits per heavy atom. The summed E-state index contributed by atoms with van der Waals surface area (Å²) in [6.07, 6.45) is 6.66. The van der Waals surface area contributed by atoms with Gasteiger partial charge in [0.2, 0.25) is 5.28 Å². The van der Waals surface area contributed by atoms with Gasteiger partial charge in [0, 0.05) is 5.41 Å². The van der Waals surface area contributed by atoms with Crippen molar-refractivity contribution in [2.75, 3.05) is 6.61 Å². The lowest BCUT2D eigenvalue weighted by atomic mass is 9.57. The number of hydrogen-bond donors (Lipinski definition) is 0. The third kappa shape index (κ3) is 3.12. The average Bonchev–Trinajstić information content (AvgIpc) is 3.37. The first-order valence-corrected chi connectivity index (χ1v) is 10.2. The van der Waals surface area contributed by atoms with Crippen molar-refractivity contribution in [1.82, 2.24) is 9.97 Å². The van der Waals surface area contributed by atoms with Crippen molar-refractivity contribution in [3.8, 4) is 0 Å². The van der Waals surface area contributed by atoms with E-state index in [0.717, 1.165) is 38.5 Å². The van der Waals surface area contributed by atoms with Gasteiger partial charge in [0.15, 0.2) is 5.82 Å². The first-order chi connectivity index (χ1) is 12.4. The third-order valence-corrected chi connectivity index (χ3v) is 7.01. The van der Waals surface area contributed by atoms with Crippen molar-refractivity contribution < 1.29 is 13.9 Å². The van der Waals surface area contributed by atoms with Crippen LogP contribution in [0.1, 0.15) is 63.8 Å². The lowest BCUT2D eigenvalue weighted by Gasteiger charge is -2.47. The normalized spacial score (nSPS) is 31.7. The lowest BCUT2D eigenvalue weighted by molar-refractivity contribution is -0.158. The summed E-state index contributed by atoms with van der Waals surface area (Å²) in [4.78, 5) is 21.0. The highest BCUT2D eigenvalue weighted by Gasteiger charge is 2.49. The van der Waals surface area contributed by atoms with Gasteiger partial charge in [-0.25, -0.2) is 14.4 Å². The smallest absolute Gasteiger partial charge is 0.309 e. The van der Waals surface area contributed by atoms with Gasteiger partial charge in [-0.05, 0) is 81.2 Å². The molecule has 4 fully saturated rings. The standard InChI is InChI=1S/C20H26ClFN2O2/c1-3-26-18(25)15-12-6-4-11(5-7-12)13(15)10-14-16(22)17(20(2)8-9-20)24-19(21)23-14/h11-13,15H,3-10H2,1-2H3/t11?,12?,13-,15-/m0/s1. The van der Waals surface area contributed by atoms with Gasteiger partial charge in [0.05, 0.1) is 23.9 Å². The minimum atomic E-state index is -0.321. The van der Waals surface area contributed by atoms with Gasteiger partial charge in [0.25, 0.3) is 0 Å². The van der Waals surface area contributed by atoms with Crippen molar-refractivity contribution in [1.29, 1.82) is 0 Å². The third-order valence-electron chi connectivity index (χ3n) is 6.84. The number of halogens is 2. The summed E-state index contributed by atoms with van der Waals surface area (Å²) in [5.74, 6) is 0.282. The molecule has 1 heterocycles. The van der Waals surface area contributed by atoms with E-state index in [1.807, 2.05) is 13.8 Å². The fourth-order valence-corrected chi connectivity index (χ4v) is 5.31. The van der Waals surface area contributed by atoms with E-state index in [-0.39, 0.29) is 34.3 Å². The second-order valence-corrected chi connectivity index (χ2v) is 8.82. The molecule has 0 radical (unpaired) electrons. The number of rotatable bonds is 5. The molecule has 142 valence electrons. The molecule has 1 aromatic heterocycles. The summed E-state index contributed by atoms with van der Waals surface area (Å²) in [6.45, 7) is 4.23. The topological polar surface area (TPSA) is 52.1 Å². The van der Waals surface area contributed by atoms with E-state index >= 15 is 4.39 Å². The number of carbonyl (C=O) groups excluding carboxylic acids is 1. The van der Waals surface area contributed by atoms with Crippen LogP contribution in [0.4, 0.5) is 4.39 Å². The van der Waals surface area contributed by atoms with Gasteiger partial charge in [0.1, 0.15) is 0 Å². The Bertz CT molecular complexity index is 714. The quantitative estimate of drug-likeness (QED) is 0.558. The van der Waals surface area contributed by atoms with Crippen LogP contribution in [0.25, 0.3) is 0 Å². The molecular weight excluding hydrogens is 355 g/mol. The number of esters is 1. The highest BCUT2D eigenvalue weighted by Crippen LogP contribution is 2.51. The predicted molar refractivity (Wildman–Crippen MR) is 96.4 cm³/mol. The second-order valence-electron chi connectivity index (χ2n) is 8.48. The molecule has 4 nitrogen and oxygen atoms in total. The summed E-state index contributed by atoms with van der Waals surface area (Å²) in [7, 11) is 0. The van der Waals surface area contributed by atoms with Gasteiger partial charge < -0.3 is 4.74 Å². The Hall–Kier alpha value is -1.23. The molecule has 5 rings (SSSR count). The van der Waals surface area contributed by atoms with Crippen LogP contribution in [0.5, 0.6) is 0 Å². The number of nitrogens with zero attached hydrogens (tertiary/aromatic N) is 2. The number of ether oxygens (including phenoxy) is 1. The molecular formula is C20H26ClFN2O2. The van der Waals surface area contributed by atoms with Crippen LogP contribution in [0.2, 0.25) is 5.28 Å². The van der Waals surface area contributed by atoms with Crippen LogP contribution < -0.4 is 0 Å². The van der Waals surface area contributed by atoms with Gasteiger partial charge in [-0.3, -0.25) is 4.79 Å². The van der Waals surface area contributed by atoms with E-state index < -0.39 is 0 Å². The van der Waals surface area contributed by atoms with E-state index in [1.54, 1.807) is 0 Å². The monoisotopic (exact) mass is 380 g/mol. The zero-order valence-electron chi connectivity index (χ0n) is 15.4. The molecule has 1 aromatic rings. The molecule has 26 heavy (non-hydrogen) atoms. The molecule has 0 unspecified atom stereocenters. The Balaban J connectivity index is 1.65. The van der Waals surface area contributed by atoms with Crippen molar-refractivity contribution >= 4 is 17.6 Å². The molecule has 6 heteroatoms. The maximum Gasteiger partial charge on any atom is 0.309 e. The van der Waals surface area contributed by atoms with E-state index in [9.17, 15) is 4.79 Å². The predicted octanol–water partition coefficient (Wildman–Crippen LogP) is 4.48. The van der Waals surface area contributed by atoms with Crippen LogP contribution in [-0.4, -0.2) is 22.5 Å². The van der Waals surface area contributed by atoms with Gasteiger partial charge in [-0.1, -0.05) is 6.92 Å². The van der Waals surface area contributed by atoms with E-state index in [0.29, 0.717) is 36.3 Å². The minimum absolute atomic E-state index is 0.0851. The molecule has 0 aromatic carbocycles. The Kier molecular flexibility index (Phi) is 4.70. The largest absolute Gasteiger partial charge is 0.466 e. The summed E-state index contributed by atoms with van der Waals surface area (Å²) >= 11 is 6.12. The summed E-state index contributed by atoms with van der Waals surface area (Å²) in [5, 5.41) is 0.109. The molecule has 0 saturated heterocycles. The molecule has 4 aliphatic carbocycles. The Labute approximate surface area is 158 Å². The van der Waals surface area contributed by atoms with E-state index in [2.05, 4.69) is 9.97 Å². The Morgan fingerprint density at radius 3 is 2.50 bits per heavy atom. The van der Waals surface area contributed by atoms with Crippen molar-refractivity contribution in [3.63, 3.8) is 0 Å². The van der Waals surface area contributed by atoms with Crippen LogP contribution in [0, 0.1) is 29.5 Å². The molecule has 2 bridgehead atoms. The summed E-state index contributed by atoms with van der Waals surface area (Å²) < 4.78 is 20.5. The number of carbonyl (C=O) groups is 1. The average molecular weight is 381 g/mol.